The van der Waals surface area contributed by atoms with Crippen LogP contribution in [0.2, 0.25) is 4.63 Å². The molecule has 0 nitrogen and oxygen atoms in total. The van der Waals surface area contributed by atoms with Gasteiger partial charge >= 0.3 is 243 Å². The number of fused-ring (bicyclic) bond motifs is 3. The van der Waals surface area contributed by atoms with E-state index in [1.54, 1.807) is 12.1 Å². The van der Waals surface area contributed by atoms with E-state index in [0.717, 1.165) is 12.8 Å². The van der Waals surface area contributed by atoms with Gasteiger partial charge in [-0.1, -0.05) is 0 Å². The fraction of sp³-hybridized carbons (Fsp3) is 0.395. The summed E-state index contributed by atoms with van der Waals surface area (Å²) < 4.78 is 8.81. The Balaban J connectivity index is 1.81. The van der Waals surface area contributed by atoms with Crippen molar-refractivity contribution >= 4 is 6.98 Å². The average Bonchev–Trinajstić information content (AvgIpc) is 3.48. The molecule has 3 aromatic rings. The second-order valence-electron chi connectivity index (χ2n) is 15.1. The molecule has 0 aromatic heterocycles. The number of benzene rings is 3. The normalized spacial score (nSPS) is 16.8. The van der Waals surface area contributed by atoms with E-state index in [0.29, 0.717) is 0 Å². The van der Waals surface area contributed by atoms with Gasteiger partial charge in [0.05, 0.1) is 0 Å². The quantitative estimate of drug-likeness (QED) is 0.221. The Hall–Kier alpha value is -2.11. The maximum absolute atomic E-state index is 3.26. The predicted octanol–water partition coefficient (Wildman–Crippen LogP) is 9.79. The van der Waals surface area contributed by atoms with Crippen molar-refractivity contribution in [3.8, 4) is 11.1 Å². The van der Waals surface area contributed by atoms with Gasteiger partial charge in [-0.05, 0) is 0 Å². The molecule has 2 aliphatic rings. The van der Waals surface area contributed by atoms with E-state index in [9.17, 15) is 0 Å². The van der Waals surface area contributed by atoms with Crippen LogP contribution in [0.5, 0.6) is 0 Å². The van der Waals surface area contributed by atoms with Crippen LogP contribution in [-0.4, -0.2) is 3.71 Å². The summed E-state index contributed by atoms with van der Waals surface area (Å²) in [5, 5.41) is 0. The van der Waals surface area contributed by atoms with Crippen molar-refractivity contribution in [1.29, 1.82) is 0 Å². The summed E-state index contributed by atoms with van der Waals surface area (Å²) in [5.74, 6) is 0. The molecule has 0 saturated heterocycles. The summed E-state index contributed by atoms with van der Waals surface area (Å²) in [6.45, 7) is 21.2. The Morgan fingerprint density at radius 2 is 1.33 bits per heavy atom. The molecule has 3 aromatic carbocycles. The molecule has 1 atom stereocenters. The van der Waals surface area contributed by atoms with Gasteiger partial charge in [0, 0.05) is 0 Å². The molecule has 0 aliphatic heterocycles. The second kappa shape index (κ2) is 9.77. The van der Waals surface area contributed by atoms with Gasteiger partial charge in [0.2, 0.25) is 0 Å². The molecule has 0 heterocycles. The SMILES string of the molecule is CC(C)(C)C1=CC[C]([Zr]([CH3])(=[CH]c2ccccc2)[c]2cc(C(C)(C)C)cc3c2Cc2ccc(C(C)(C)C)cc2-3)=C1. The number of rotatable bonds is 3. The van der Waals surface area contributed by atoms with Crippen LogP contribution in [0.4, 0.5) is 0 Å². The van der Waals surface area contributed by atoms with Crippen LogP contribution >= 0.6 is 0 Å². The van der Waals surface area contributed by atoms with E-state index in [4.69, 9.17) is 0 Å². The van der Waals surface area contributed by atoms with Crippen molar-refractivity contribution in [2.24, 2.45) is 5.41 Å². The Kier molecular flexibility index (Phi) is 7.12. The van der Waals surface area contributed by atoms with Crippen molar-refractivity contribution in [1.82, 2.24) is 0 Å². The van der Waals surface area contributed by atoms with E-state index in [1.165, 1.54) is 39.0 Å². The molecule has 203 valence electrons. The summed E-state index contributed by atoms with van der Waals surface area (Å²) in [5.41, 5.74) is 12.2. The van der Waals surface area contributed by atoms with Gasteiger partial charge in [0.15, 0.2) is 0 Å². The van der Waals surface area contributed by atoms with Crippen molar-refractivity contribution in [2.45, 2.75) is 90.6 Å². The van der Waals surface area contributed by atoms with Crippen molar-refractivity contribution in [3.63, 3.8) is 0 Å². The first-order valence-electron chi connectivity index (χ1n) is 14.7. The molecule has 0 N–H and O–H groups in total. The Bertz CT molecular complexity index is 1540. The van der Waals surface area contributed by atoms with Crippen molar-refractivity contribution < 1.29 is 19.8 Å². The van der Waals surface area contributed by atoms with Gasteiger partial charge in [-0.2, -0.15) is 0 Å². The summed E-state index contributed by atoms with van der Waals surface area (Å²) in [7, 11) is 0. The molecule has 0 radical (unpaired) electrons. The molecule has 1 heteroatoms. The third-order valence-electron chi connectivity index (χ3n) is 8.97. The summed E-state index contributed by atoms with van der Waals surface area (Å²) in [6, 6.07) is 23.6. The molecule has 0 amide bonds. The summed E-state index contributed by atoms with van der Waals surface area (Å²) >= 11 is -3.26. The van der Waals surface area contributed by atoms with Crippen LogP contribution in [0.15, 0.2) is 81.7 Å². The summed E-state index contributed by atoms with van der Waals surface area (Å²) in [4.78, 5) is 0. The monoisotopic (exact) mass is 593 g/mol. The number of hydrogen-bond donors (Lipinski definition) is 0. The van der Waals surface area contributed by atoms with Crippen LogP contribution in [0.25, 0.3) is 11.1 Å². The van der Waals surface area contributed by atoms with Gasteiger partial charge < -0.3 is 0 Å². The van der Waals surface area contributed by atoms with E-state index in [-0.39, 0.29) is 16.2 Å². The molecule has 0 spiro atoms. The van der Waals surface area contributed by atoms with Gasteiger partial charge in [0.1, 0.15) is 0 Å². The zero-order chi connectivity index (χ0) is 28.4. The van der Waals surface area contributed by atoms with Crippen molar-refractivity contribution in [3.05, 3.63) is 109 Å². The van der Waals surface area contributed by atoms with Gasteiger partial charge in [-0.3, -0.25) is 0 Å². The van der Waals surface area contributed by atoms with E-state index in [1.807, 2.05) is 0 Å². The number of allylic oxidation sites excluding steroid dienone is 4. The number of hydrogen-bond acceptors (Lipinski definition) is 0. The maximum atomic E-state index is 2.74. The molecule has 1 unspecified atom stereocenters. The zero-order valence-corrected chi connectivity index (χ0v) is 28.4. The fourth-order valence-electron chi connectivity index (χ4n) is 6.27. The van der Waals surface area contributed by atoms with Crippen LogP contribution in [0.1, 0.15) is 96.6 Å². The van der Waals surface area contributed by atoms with Gasteiger partial charge in [-0.15, -0.1) is 0 Å². The molecule has 0 saturated carbocycles. The third-order valence-corrected chi connectivity index (χ3v) is 19.2. The average molecular weight is 595 g/mol. The van der Waals surface area contributed by atoms with Gasteiger partial charge in [0.25, 0.3) is 0 Å². The topological polar surface area (TPSA) is 0 Å². The first-order valence-corrected chi connectivity index (χ1v) is 21.1. The standard InChI is InChI=1S/C21H25.C9H13.C7H6.CH3.Zr/c1-20(2,3)16-9-7-14-11-15-8-10-17(21(4,5)6)13-19(15)18(14)12-16;1-9(2,3)8-6-4-5-7-8;1-7-5-3-2-4-6-7;;/h7,9-10,12-13H,11H2,1-6H3;6-7H,4H2,1-3H3;1-6H;1H3;. The summed E-state index contributed by atoms with van der Waals surface area (Å²) in [6.07, 6.45) is 7.27. The van der Waals surface area contributed by atoms with Crippen LogP contribution in [0.3, 0.4) is 0 Å². The molecule has 0 fully saturated rings. The third kappa shape index (κ3) is 5.46. The minimum absolute atomic E-state index is 0.0899. The van der Waals surface area contributed by atoms with Crippen LogP contribution in [0, 0.1) is 5.41 Å². The first kappa shape index (κ1) is 28.4. The first-order chi connectivity index (χ1) is 18.1. The van der Waals surface area contributed by atoms with Crippen molar-refractivity contribution in [2.75, 3.05) is 0 Å². The Labute approximate surface area is 242 Å². The Morgan fingerprint density at radius 3 is 1.92 bits per heavy atom. The molecule has 39 heavy (non-hydrogen) atoms. The minimum atomic E-state index is -3.26. The molecule has 5 rings (SSSR count). The molecule has 0 bridgehead atoms. The predicted molar refractivity (Wildman–Crippen MR) is 169 cm³/mol. The van der Waals surface area contributed by atoms with Crippen LogP contribution in [-0.2, 0) is 37.0 Å². The van der Waals surface area contributed by atoms with E-state index in [2.05, 4.69) is 143 Å². The fourth-order valence-corrected chi connectivity index (χ4v) is 15.7. The van der Waals surface area contributed by atoms with E-state index < -0.39 is 19.8 Å². The molecular formula is C38H47Zr. The second-order valence-corrected chi connectivity index (χ2v) is 24.7. The molecule has 2 aliphatic carbocycles. The van der Waals surface area contributed by atoms with E-state index >= 15 is 0 Å². The Morgan fingerprint density at radius 1 is 0.692 bits per heavy atom. The zero-order valence-electron chi connectivity index (χ0n) is 25.9. The van der Waals surface area contributed by atoms with Gasteiger partial charge in [-0.25, -0.2) is 0 Å². The van der Waals surface area contributed by atoms with Crippen LogP contribution < -0.4 is 3.27 Å². The molecular weight excluding hydrogens is 548 g/mol.